The quantitative estimate of drug-likeness (QED) is 0.923. The maximum Gasteiger partial charge on any atom is 0.192 e. The third-order valence-corrected chi connectivity index (χ3v) is 3.99. The molecular formula is C14H20ClN3O. The third kappa shape index (κ3) is 2.50. The van der Waals surface area contributed by atoms with Crippen LogP contribution < -0.4 is 10.5 Å². The van der Waals surface area contributed by atoms with Crippen LogP contribution in [-0.2, 0) is 0 Å². The molecule has 2 rings (SSSR count). The smallest absolute Gasteiger partial charge is 0.192 e. The molecule has 104 valence electrons. The van der Waals surface area contributed by atoms with Crippen LogP contribution in [0.4, 0.5) is 0 Å². The Balaban J connectivity index is 2.42. The Morgan fingerprint density at radius 2 is 2.32 bits per heavy atom. The zero-order valence-electron chi connectivity index (χ0n) is 11.6. The van der Waals surface area contributed by atoms with Gasteiger partial charge in [0, 0.05) is 16.6 Å². The van der Waals surface area contributed by atoms with E-state index in [1.54, 1.807) is 7.11 Å². The van der Waals surface area contributed by atoms with Crippen LogP contribution in [0.5, 0.6) is 5.75 Å². The fourth-order valence-corrected chi connectivity index (χ4v) is 2.78. The molecule has 1 aliphatic heterocycles. The first kappa shape index (κ1) is 14.0. The molecule has 0 radical (unpaired) electrons. The highest BCUT2D eigenvalue weighted by atomic mass is 35.5. The number of rotatable bonds is 4. The molecule has 1 aromatic rings. The molecule has 2 N–H and O–H groups in total. The minimum atomic E-state index is 0.0543. The first-order chi connectivity index (χ1) is 9.10. The van der Waals surface area contributed by atoms with Crippen LogP contribution in [0.25, 0.3) is 0 Å². The second kappa shape index (κ2) is 5.70. The van der Waals surface area contributed by atoms with Crippen LogP contribution in [0.15, 0.2) is 23.2 Å². The van der Waals surface area contributed by atoms with Crippen molar-refractivity contribution >= 4 is 17.6 Å². The van der Waals surface area contributed by atoms with E-state index in [1.807, 2.05) is 18.2 Å². The van der Waals surface area contributed by atoms with Gasteiger partial charge in [0.05, 0.1) is 19.7 Å². The molecule has 0 aliphatic carbocycles. The van der Waals surface area contributed by atoms with Crippen molar-refractivity contribution in [1.82, 2.24) is 4.90 Å². The fourth-order valence-electron chi connectivity index (χ4n) is 2.49. The lowest BCUT2D eigenvalue weighted by Gasteiger charge is -2.33. The van der Waals surface area contributed by atoms with Gasteiger partial charge in [0.15, 0.2) is 5.96 Å². The minimum Gasteiger partial charge on any atom is -0.496 e. The van der Waals surface area contributed by atoms with Gasteiger partial charge < -0.3 is 15.4 Å². The Hall–Kier alpha value is -1.42. The van der Waals surface area contributed by atoms with Crippen molar-refractivity contribution in [3.8, 4) is 5.75 Å². The van der Waals surface area contributed by atoms with Crippen molar-refractivity contribution in [2.75, 3.05) is 13.7 Å². The Morgan fingerprint density at radius 1 is 1.58 bits per heavy atom. The fraction of sp³-hybridized carbons (Fsp3) is 0.500. The summed E-state index contributed by atoms with van der Waals surface area (Å²) in [5.74, 6) is 1.37. The number of benzene rings is 1. The summed E-state index contributed by atoms with van der Waals surface area (Å²) in [6.07, 6.45) is 0.999. The molecule has 4 nitrogen and oxygen atoms in total. The summed E-state index contributed by atoms with van der Waals surface area (Å²) in [6, 6.07) is 6.06. The van der Waals surface area contributed by atoms with E-state index in [1.165, 1.54) is 0 Å². The third-order valence-electron chi connectivity index (χ3n) is 3.66. The van der Waals surface area contributed by atoms with E-state index >= 15 is 0 Å². The van der Waals surface area contributed by atoms with Crippen LogP contribution in [0.1, 0.15) is 31.9 Å². The number of guanidine groups is 1. The number of aliphatic imine (C=N–C) groups is 1. The van der Waals surface area contributed by atoms with Crippen LogP contribution in [0.3, 0.4) is 0 Å². The Kier molecular flexibility index (Phi) is 4.20. The van der Waals surface area contributed by atoms with E-state index in [9.17, 15) is 0 Å². The Morgan fingerprint density at radius 3 is 2.95 bits per heavy atom. The number of nitrogens with zero attached hydrogens (tertiary/aromatic N) is 2. The van der Waals surface area contributed by atoms with Crippen LogP contribution in [0.2, 0.25) is 5.02 Å². The average Bonchev–Trinajstić information content (AvgIpc) is 2.79. The molecule has 0 bridgehead atoms. The molecule has 1 aliphatic rings. The summed E-state index contributed by atoms with van der Waals surface area (Å²) in [7, 11) is 1.65. The van der Waals surface area contributed by atoms with E-state index in [-0.39, 0.29) is 6.04 Å². The van der Waals surface area contributed by atoms with Gasteiger partial charge in [-0.3, -0.25) is 4.99 Å². The molecule has 19 heavy (non-hydrogen) atoms. The number of nitrogens with two attached hydrogens (primary N) is 1. The van der Waals surface area contributed by atoms with Crippen LogP contribution in [-0.4, -0.2) is 30.6 Å². The maximum absolute atomic E-state index is 6.35. The standard InChI is InChI=1S/C14H20ClN3O/c1-4-9(2)18-11(8-17-14(18)16)13-10(15)6-5-7-12(13)19-3/h5-7,9,11H,4,8H2,1-3H3,(H2,16,17). The predicted molar refractivity (Wildman–Crippen MR) is 78.8 cm³/mol. The zero-order chi connectivity index (χ0) is 14.0. The number of hydrogen-bond acceptors (Lipinski definition) is 4. The van der Waals surface area contributed by atoms with Crippen LogP contribution >= 0.6 is 11.6 Å². The summed E-state index contributed by atoms with van der Waals surface area (Å²) < 4.78 is 5.43. The van der Waals surface area contributed by atoms with Crippen molar-refractivity contribution < 1.29 is 4.74 Å². The van der Waals surface area contributed by atoms with Crippen molar-refractivity contribution in [2.45, 2.75) is 32.4 Å². The zero-order valence-corrected chi connectivity index (χ0v) is 12.3. The molecule has 0 fully saturated rings. The van der Waals surface area contributed by atoms with E-state index in [4.69, 9.17) is 22.1 Å². The molecule has 1 heterocycles. The normalized spacial score (nSPS) is 20.3. The van der Waals surface area contributed by atoms with Gasteiger partial charge in [-0.05, 0) is 25.5 Å². The van der Waals surface area contributed by atoms with Gasteiger partial charge in [-0.2, -0.15) is 0 Å². The second-order valence-electron chi connectivity index (χ2n) is 4.73. The summed E-state index contributed by atoms with van der Waals surface area (Å²) in [5.41, 5.74) is 6.99. The summed E-state index contributed by atoms with van der Waals surface area (Å²) in [6.45, 7) is 4.90. The number of hydrogen-bond donors (Lipinski definition) is 1. The highest BCUT2D eigenvalue weighted by Crippen LogP contribution is 2.38. The number of halogens is 1. The molecule has 1 aromatic carbocycles. The van der Waals surface area contributed by atoms with Crippen molar-refractivity contribution in [2.24, 2.45) is 10.7 Å². The molecular weight excluding hydrogens is 262 g/mol. The van der Waals surface area contributed by atoms with E-state index in [0.717, 1.165) is 17.7 Å². The lowest BCUT2D eigenvalue weighted by molar-refractivity contribution is 0.262. The monoisotopic (exact) mass is 281 g/mol. The Bertz CT molecular complexity index is 490. The molecule has 0 spiro atoms. The average molecular weight is 282 g/mol. The molecule has 2 unspecified atom stereocenters. The second-order valence-corrected chi connectivity index (χ2v) is 5.14. The van der Waals surface area contributed by atoms with Crippen molar-refractivity contribution in [3.05, 3.63) is 28.8 Å². The number of methoxy groups -OCH3 is 1. The van der Waals surface area contributed by atoms with Gasteiger partial charge in [-0.15, -0.1) is 0 Å². The lowest BCUT2D eigenvalue weighted by atomic mass is 10.0. The molecule has 5 heteroatoms. The summed E-state index contributed by atoms with van der Waals surface area (Å²) in [4.78, 5) is 6.50. The van der Waals surface area contributed by atoms with Gasteiger partial charge in [0.2, 0.25) is 0 Å². The highest BCUT2D eigenvalue weighted by molar-refractivity contribution is 6.31. The van der Waals surface area contributed by atoms with Gasteiger partial charge >= 0.3 is 0 Å². The Labute approximate surface area is 119 Å². The van der Waals surface area contributed by atoms with Crippen molar-refractivity contribution in [3.63, 3.8) is 0 Å². The maximum atomic E-state index is 6.35. The summed E-state index contributed by atoms with van der Waals surface area (Å²) >= 11 is 6.35. The largest absolute Gasteiger partial charge is 0.496 e. The SMILES string of the molecule is CCC(C)N1C(N)=NCC1c1c(Cl)cccc1OC. The summed E-state index contributed by atoms with van der Waals surface area (Å²) in [5, 5.41) is 0.697. The minimum absolute atomic E-state index is 0.0543. The van der Waals surface area contributed by atoms with Crippen LogP contribution in [0, 0.1) is 0 Å². The first-order valence-corrected chi connectivity index (χ1v) is 6.88. The molecule has 0 saturated carbocycles. The predicted octanol–water partition coefficient (Wildman–Crippen LogP) is 2.82. The van der Waals surface area contributed by atoms with Gasteiger partial charge in [-0.1, -0.05) is 24.6 Å². The van der Waals surface area contributed by atoms with E-state index in [0.29, 0.717) is 23.6 Å². The molecule has 0 saturated heterocycles. The highest BCUT2D eigenvalue weighted by Gasteiger charge is 2.33. The topological polar surface area (TPSA) is 50.8 Å². The van der Waals surface area contributed by atoms with Gasteiger partial charge in [-0.25, -0.2) is 0 Å². The van der Waals surface area contributed by atoms with E-state index in [2.05, 4.69) is 23.7 Å². The lowest BCUT2D eigenvalue weighted by Crippen LogP contribution is -2.42. The molecule has 0 aromatic heterocycles. The molecule has 2 atom stereocenters. The first-order valence-electron chi connectivity index (χ1n) is 6.50. The van der Waals surface area contributed by atoms with E-state index < -0.39 is 0 Å². The van der Waals surface area contributed by atoms with Crippen molar-refractivity contribution in [1.29, 1.82) is 0 Å². The van der Waals surface area contributed by atoms with Gasteiger partial charge in [0.1, 0.15) is 5.75 Å². The molecule has 0 amide bonds. The number of ether oxygens (including phenoxy) is 1. The van der Waals surface area contributed by atoms with Gasteiger partial charge in [0.25, 0.3) is 0 Å².